The lowest BCUT2D eigenvalue weighted by molar-refractivity contribution is 0.616. The van der Waals surface area contributed by atoms with Gasteiger partial charge in [0.15, 0.2) is 5.82 Å². The van der Waals surface area contributed by atoms with Gasteiger partial charge in [-0.1, -0.05) is 6.92 Å². The van der Waals surface area contributed by atoms with Crippen molar-refractivity contribution in [2.45, 2.75) is 51.7 Å². The molecule has 2 heterocycles. The largest absolute Gasteiger partial charge is 0.349 e. The van der Waals surface area contributed by atoms with Gasteiger partial charge in [-0.25, -0.2) is 0 Å². The van der Waals surface area contributed by atoms with Crippen LogP contribution in [-0.2, 0) is 6.54 Å². The predicted molar refractivity (Wildman–Crippen MR) is 65.2 cm³/mol. The summed E-state index contributed by atoms with van der Waals surface area (Å²) in [6.07, 6.45) is 3.68. The molecule has 1 aromatic heterocycles. The molecule has 88 valence electrons. The van der Waals surface area contributed by atoms with Crippen LogP contribution < -0.4 is 10.6 Å². The van der Waals surface area contributed by atoms with Crippen molar-refractivity contribution in [2.75, 3.05) is 4.90 Å². The molecule has 2 rings (SSSR count). The van der Waals surface area contributed by atoms with Crippen LogP contribution in [0.5, 0.6) is 0 Å². The van der Waals surface area contributed by atoms with Gasteiger partial charge >= 0.3 is 0 Å². The van der Waals surface area contributed by atoms with Crippen molar-refractivity contribution in [1.29, 1.82) is 0 Å². The summed E-state index contributed by atoms with van der Waals surface area (Å²) in [5.74, 6) is 0.994. The first-order valence-corrected chi connectivity index (χ1v) is 6.07. The van der Waals surface area contributed by atoms with Crippen molar-refractivity contribution < 1.29 is 0 Å². The van der Waals surface area contributed by atoms with Crippen molar-refractivity contribution in [3.8, 4) is 0 Å². The second-order valence-electron chi connectivity index (χ2n) is 4.48. The molecule has 4 nitrogen and oxygen atoms in total. The fraction of sp³-hybridized carbons (Fsp3) is 0.667. The van der Waals surface area contributed by atoms with E-state index < -0.39 is 0 Å². The Hall–Kier alpha value is -1.16. The van der Waals surface area contributed by atoms with E-state index in [1.807, 2.05) is 12.1 Å². The molecule has 1 saturated heterocycles. The number of hydrogen-bond donors (Lipinski definition) is 1. The Morgan fingerprint density at radius 1 is 1.38 bits per heavy atom. The Labute approximate surface area is 96.9 Å². The summed E-state index contributed by atoms with van der Waals surface area (Å²) in [5, 5.41) is 8.40. The molecular weight excluding hydrogens is 200 g/mol. The number of anilines is 1. The second-order valence-corrected chi connectivity index (χ2v) is 4.48. The number of nitrogens with two attached hydrogens (primary N) is 1. The third-order valence-electron chi connectivity index (χ3n) is 3.44. The molecule has 0 radical (unpaired) electrons. The van der Waals surface area contributed by atoms with Crippen molar-refractivity contribution in [2.24, 2.45) is 5.73 Å². The van der Waals surface area contributed by atoms with Crippen LogP contribution in [0.1, 0.15) is 38.8 Å². The maximum atomic E-state index is 5.52. The Balaban J connectivity index is 2.21. The van der Waals surface area contributed by atoms with E-state index in [-0.39, 0.29) is 0 Å². The Bertz CT molecular complexity index is 335. The van der Waals surface area contributed by atoms with E-state index in [1.54, 1.807) is 0 Å². The highest BCUT2D eigenvalue weighted by atomic mass is 15.3. The zero-order chi connectivity index (χ0) is 11.5. The van der Waals surface area contributed by atoms with Gasteiger partial charge in [0.25, 0.3) is 0 Å². The monoisotopic (exact) mass is 220 g/mol. The van der Waals surface area contributed by atoms with Crippen LogP contribution in [-0.4, -0.2) is 22.3 Å². The third kappa shape index (κ3) is 2.02. The molecule has 1 fully saturated rings. The minimum atomic E-state index is 0.458. The topological polar surface area (TPSA) is 55.0 Å². The van der Waals surface area contributed by atoms with Gasteiger partial charge in [-0.15, -0.1) is 5.10 Å². The molecule has 1 aliphatic rings. The molecule has 2 atom stereocenters. The lowest BCUT2D eigenvalue weighted by atomic mass is 10.1. The van der Waals surface area contributed by atoms with Gasteiger partial charge in [0.2, 0.25) is 0 Å². The molecule has 2 unspecified atom stereocenters. The Morgan fingerprint density at radius 2 is 2.19 bits per heavy atom. The fourth-order valence-corrected chi connectivity index (χ4v) is 2.48. The minimum absolute atomic E-state index is 0.458. The van der Waals surface area contributed by atoms with Crippen LogP contribution in [0.25, 0.3) is 0 Å². The summed E-state index contributed by atoms with van der Waals surface area (Å²) in [7, 11) is 0. The van der Waals surface area contributed by atoms with Gasteiger partial charge in [-0.2, -0.15) is 5.10 Å². The lowest BCUT2D eigenvalue weighted by Crippen LogP contribution is -2.35. The molecule has 4 heteroatoms. The molecule has 0 aliphatic carbocycles. The van der Waals surface area contributed by atoms with E-state index in [9.17, 15) is 0 Å². The second kappa shape index (κ2) is 4.78. The summed E-state index contributed by atoms with van der Waals surface area (Å²) in [5.41, 5.74) is 6.37. The van der Waals surface area contributed by atoms with Gasteiger partial charge < -0.3 is 10.6 Å². The smallest absolute Gasteiger partial charge is 0.151 e. The maximum Gasteiger partial charge on any atom is 0.151 e. The zero-order valence-electron chi connectivity index (χ0n) is 10.1. The van der Waals surface area contributed by atoms with Crippen molar-refractivity contribution in [3.63, 3.8) is 0 Å². The van der Waals surface area contributed by atoms with Crippen molar-refractivity contribution >= 4 is 5.82 Å². The van der Waals surface area contributed by atoms with E-state index in [0.29, 0.717) is 18.6 Å². The summed E-state index contributed by atoms with van der Waals surface area (Å²) < 4.78 is 0. The van der Waals surface area contributed by atoms with Gasteiger partial charge in [0.1, 0.15) is 0 Å². The average Bonchev–Trinajstić information content (AvgIpc) is 2.70. The number of nitrogens with zero attached hydrogens (tertiary/aromatic N) is 3. The highest BCUT2D eigenvalue weighted by Crippen LogP contribution is 2.30. The first-order valence-electron chi connectivity index (χ1n) is 6.07. The molecule has 0 bridgehead atoms. The van der Waals surface area contributed by atoms with E-state index in [2.05, 4.69) is 28.9 Å². The van der Waals surface area contributed by atoms with Crippen molar-refractivity contribution in [3.05, 3.63) is 17.8 Å². The minimum Gasteiger partial charge on any atom is -0.349 e. The molecule has 1 aliphatic heterocycles. The highest BCUT2D eigenvalue weighted by molar-refractivity contribution is 5.41. The molecule has 0 saturated carbocycles. The number of rotatable bonds is 3. The van der Waals surface area contributed by atoms with Crippen molar-refractivity contribution in [1.82, 2.24) is 10.2 Å². The molecule has 0 aromatic carbocycles. The van der Waals surface area contributed by atoms with Gasteiger partial charge in [0, 0.05) is 18.6 Å². The van der Waals surface area contributed by atoms with E-state index in [4.69, 9.17) is 5.73 Å². The molecule has 2 N–H and O–H groups in total. The Morgan fingerprint density at radius 3 is 2.75 bits per heavy atom. The molecule has 1 aromatic rings. The normalized spacial score (nSPS) is 25.1. The zero-order valence-corrected chi connectivity index (χ0v) is 10.1. The summed E-state index contributed by atoms with van der Waals surface area (Å²) >= 11 is 0. The first-order chi connectivity index (χ1) is 7.76. The highest BCUT2D eigenvalue weighted by Gasteiger charge is 2.30. The number of hydrogen-bond acceptors (Lipinski definition) is 4. The Kier molecular flexibility index (Phi) is 3.39. The van der Waals surface area contributed by atoms with Crippen LogP contribution in [0.2, 0.25) is 0 Å². The molecular formula is C12H20N4. The van der Waals surface area contributed by atoms with Crippen LogP contribution in [0.15, 0.2) is 12.1 Å². The van der Waals surface area contributed by atoms with Crippen LogP contribution in [0.4, 0.5) is 5.82 Å². The molecule has 0 amide bonds. The van der Waals surface area contributed by atoms with Gasteiger partial charge in [-0.3, -0.25) is 0 Å². The molecule has 0 spiro atoms. The standard InChI is InChI=1S/C12H20N4/c1-3-11-6-4-9(2)16(11)12-7-5-10(8-13)14-15-12/h5,7,9,11H,3-4,6,8,13H2,1-2H3. The fourth-order valence-electron chi connectivity index (χ4n) is 2.48. The molecule has 16 heavy (non-hydrogen) atoms. The van der Waals surface area contributed by atoms with Gasteiger partial charge in [0.05, 0.1) is 5.69 Å². The van der Waals surface area contributed by atoms with Gasteiger partial charge in [-0.05, 0) is 38.3 Å². The first kappa shape index (κ1) is 11.3. The average molecular weight is 220 g/mol. The van der Waals surface area contributed by atoms with Crippen LogP contribution in [0.3, 0.4) is 0 Å². The van der Waals surface area contributed by atoms with Crippen LogP contribution >= 0.6 is 0 Å². The summed E-state index contributed by atoms with van der Waals surface area (Å²) in [6.45, 7) is 4.95. The van der Waals surface area contributed by atoms with E-state index >= 15 is 0 Å². The summed E-state index contributed by atoms with van der Waals surface area (Å²) in [4.78, 5) is 2.40. The third-order valence-corrected chi connectivity index (χ3v) is 3.44. The summed E-state index contributed by atoms with van der Waals surface area (Å²) in [6, 6.07) is 5.20. The quantitative estimate of drug-likeness (QED) is 0.842. The van der Waals surface area contributed by atoms with Crippen LogP contribution in [0, 0.1) is 0 Å². The SMILES string of the molecule is CCC1CCC(C)N1c1ccc(CN)nn1. The number of aromatic nitrogens is 2. The van der Waals surface area contributed by atoms with E-state index in [0.717, 1.165) is 11.5 Å². The van der Waals surface area contributed by atoms with E-state index in [1.165, 1.54) is 19.3 Å². The maximum absolute atomic E-state index is 5.52. The predicted octanol–water partition coefficient (Wildman–Crippen LogP) is 1.70. The lowest BCUT2D eigenvalue weighted by Gasteiger charge is -2.28.